The minimum atomic E-state index is -0.212. The standard InChI is InChI=1S/C11H11ClN2OS/c12-7-1-2-9-10(5-7)16-11(13-9)14-4-3-8(15)6-14/h1-2,5,8,15H,3-4,6H2. The van der Waals surface area contributed by atoms with Crippen LogP contribution in [0, 0.1) is 0 Å². The fourth-order valence-electron chi connectivity index (χ4n) is 1.94. The molecule has 1 unspecified atom stereocenters. The van der Waals surface area contributed by atoms with Gasteiger partial charge in [0.05, 0.1) is 16.3 Å². The zero-order valence-corrected chi connectivity index (χ0v) is 10.1. The average Bonchev–Trinajstić information content (AvgIpc) is 2.83. The van der Waals surface area contributed by atoms with Gasteiger partial charge in [-0.2, -0.15) is 0 Å². The molecule has 1 atom stereocenters. The third-order valence-electron chi connectivity index (χ3n) is 2.77. The Morgan fingerprint density at radius 1 is 1.50 bits per heavy atom. The molecule has 1 saturated heterocycles. The quantitative estimate of drug-likeness (QED) is 0.850. The first-order chi connectivity index (χ1) is 7.72. The van der Waals surface area contributed by atoms with E-state index in [2.05, 4.69) is 9.88 Å². The van der Waals surface area contributed by atoms with Crippen molar-refractivity contribution in [3.05, 3.63) is 23.2 Å². The van der Waals surface area contributed by atoms with Crippen LogP contribution in [0.25, 0.3) is 10.2 Å². The zero-order valence-electron chi connectivity index (χ0n) is 8.56. The molecule has 16 heavy (non-hydrogen) atoms. The highest BCUT2D eigenvalue weighted by atomic mass is 35.5. The topological polar surface area (TPSA) is 36.4 Å². The number of hydrogen-bond donors (Lipinski definition) is 1. The molecule has 0 aliphatic carbocycles. The summed E-state index contributed by atoms with van der Waals surface area (Å²) in [5, 5.41) is 11.2. The number of aromatic nitrogens is 1. The van der Waals surface area contributed by atoms with Crippen molar-refractivity contribution in [2.45, 2.75) is 12.5 Å². The van der Waals surface area contributed by atoms with Crippen molar-refractivity contribution >= 4 is 38.3 Å². The summed E-state index contributed by atoms with van der Waals surface area (Å²) in [5.41, 5.74) is 0.978. The van der Waals surface area contributed by atoms with E-state index < -0.39 is 0 Å². The molecule has 1 N–H and O–H groups in total. The number of rotatable bonds is 1. The van der Waals surface area contributed by atoms with Crippen LogP contribution in [0.1, 0.15) is 6.42 Å². The van der Waals surface area contributed by atoms with Gasteiger partial charge in [-0.15, -0.1) is 0 Å². The first kappa shape index (κ1) is 10.3. The molecular weight excluding hydrogens is 244 g/mol. The van der Waals surface area contributed by atoms with Crippen LogP contribution in [-0.4, -0.2) is 29.3 Å². The molecule has 2 aromatic rings. The van der Waals surface area contributed by atoms with E-state index in [9.17, 15) is 5.11 Å². The Morgan fingerprint density at radius 3 is 3.12 bits per heavy atom. The number of benzene rings is 1. The van der Waals surface area contributed by atoms with Crippen LogP contribution in [0.15, 0.2) is 18.2 Å². The molecule has 2 heterocycles. The lowest BCUT2D eigenvalue weighted by molar-refractivity contribution is 0.198. The van der Waals surface area contributed by atoms with Gasteiger partial charge in [-0.3, -0.25) is 0 Å². The molecular formula is C11H11ClN2OS. The predicted octanol–water partition coefficient (Wildman–Crippen LogP) is 2.52. The summed E-state index contributed by atoms with van der Waals surface area (Å²) in [6.07, 6.45) is 0.618. The molecule has 1 aromatic heterocycles. The van der Waals surface area contributed by atoms with E-state index in [4.69, 9.17) is 11.6 Å². The maximum atomic E-state index is 9.49. The Labute approximate surface area is 102 Å². The van der Waals surface area contributed by atoms with E-state index in [1.807, 2.05) is 18.2 Å². The number of β-amino-alcohol motifs (C(OH)–C–C–N with tert-alkyl or cyclic N) is 1. The Hall–Kier alpha value is -0.840. The third-order valence-corrected chi connectivity index (χ3v) is 4.09. The summed E-state index contributed by atoms with van der Waals surface area (Å²) in [6.45, 7) is 1.57. The molecule has 1 aliphatic rings. The molecule has 5 heteroatoms. The normalized spacial score (nSPS) is 20.9. The Kier molecular flexibility index (Phi) is 2.50. The summed E-state index contributed by atoms with van der Waals surface area (Å²) in [7, 11) is 0. The second kappa shape index (κ2) is 3.87. The Bertz CT molecular complexity index is 528. The second-order valence-corrected chi connectivity index (χ2v) is 5.44. The van der Waals surface area contributed by atoms with Crippen molar-refractivity contribution in [1.29, 1.82) is 0 Å². The van der Waals surface area contributed by atoms with Crippen LogP contribution in [0.2, 0.25) is 5.02 Å². The number of nitrogens with zero attached hydrogens (tertiary/aromatic N) is 2. The molecule has 1 aromatic carbocycles. The van der Waals surface area contributed by atoms with Crippen LogP contribution in [0.4, 0.5) is 5.13 Å². The van der Waals surface area contributed by atoms with Gasteiger partial charge in [0.2, 0.25) is 0 Å². The molecule has 3 rings (SSSR count). The molecule has 1 aliphatic heterocycles. The van der Waals surface area contributed by atoms with Crippen molar-refractivity contribution in [2.24, 2.45) is 0 Å². The predicted molar refractivity (Wildman–Crippen MR) is 67.5 cm³/mol. The summed E-state index contributed by atoms with van der Waals surface area (Å²) >= 11 is 7.57. The fraction of sp³-hybridized carbons (Fsp3) is 0.364. The van der Waals surface area contributed by atoms with E-state index in [1.165, 1.54) is 0 Å². The zero-order chi connectivity index (χ0) is 11.1. The van der Waals surface area contributed by atoms with Crippen LogP contribution in [0.3, 0.4) is 0 Å². The van der Waals surface area contributed by atoms with E-state index >= 15 is 0 Å². The maximum absolute atomic E-state index is 9.49. The van der Waals surface area contributed by atoms with Gasteiger partial charge < -0.3 is 10.0 Å². The smallest absolute Gasteiger partial charge is 0.186 e. The van der Waals surface area contributed by atoms with Crippen LogP contribution >= 0.6 is 22.9 Å². The van der Waals surface area contributed by atoms with E-state index in [0.717, 1.165) is 33.3 Å². The summed E-state index contributed by atoms with van der Waals surface area (Å²) in [6, 6.07) is 5.72. The van der Waals surface area contributed by atoms with Crippen LogP contribution < -0.4 is 4.90 Å². The second-order valence-electron chi connectivity index (χ2n) is 4.00. The lowest BCUT2D eigenvalue weighted by Gasteiger charge is -2.12. The third kappa shape index (κ3) is 1.77. The van der Waals surface area contributed by atoms with Crippen LogP contribution in [0.5, 0.6) is 0 Å². The number of anilines is 1. The largest absolute Gasteiger partial charge is 0.391 e. The molecule has 0 radical (unpaired) electrons. The molecule has 1 fully saturated rings. The van der Waals surface area contributed by atoms with Gasteiger partial charge in [-0.1, -0.05) is 22.9 Å². The van der Waals surface area contributed by atoms with Gasteiger partial charge >= 0.3 is 0 Å². The average molecular weight is 255 g/mol. The number of aliphatic hydroxyl groups excluding tert-OH is 1. The van der Waals surface area contributed by atoms with Gasteiger partial charge in [0.1, 0.15) is 0 Å². The lowest BCUT2D eigenvalue weighted by atomic mass is 10.3. The molecule has 84 valence electrons. The molecule has 0 saturated carbocycles. The van der Waals surface area contributed by atoms with Crippen LogP contribution in [-0.2, 0) is 0 Å². The summed E-state index contributed by atoms with van der Waals surface area (Å²) in [5.74, 6) is 0. The number of fused-ring (bicyclic) bond motifs is 1. The molecule has 3 nitrogen and oxygen atoms in total. The van der Waals surface area contributed by atoms with Crippen molar-refractivity contribution in [1.82, 2.24) is 4.98 Å². The Balaban J connectivity index is 1.99. The summed E-state index contributed by atoms with van der Waals surface area (Å²) < 4.78 is 1.10. The summed E-state index contributed by atoms with van der Waals surface area (Å²) in [4.78, 5) is 6.67. The van der Waals surface area contributed by atoms with Gasteiger partial charge in [-0.25, -0.2) is 4.98 Å². The van der Waals surface area contributed by atoms with E-state index in [0.29, 0.717) is 6.54 Å². The molecule has 0 amide bonds. The number of halogens is 1. The lowest BCUT2D eigenvalue weighted by Crippen LogP contribution is -2.20. The van der Waals surface area contributed by atoms with Gasteiger partial charge in [-0.05, 0) is 24.6 Å². The highest BCUT2D eigenvalue weighted by molar-refractivity contribution is 7.22. The number of aliphatic hydroxyl groups is 1. The molecule has 0 bridgehead atoms. The highest BCUT2D eigenvalue weighted by Gasteiger charge is 2.22. The first-order valence-electron chi connectivity index (χ1n) is 5.21. The van der Waals surface area contributed by atoms with Gasteiger partial charge in [0.25, 0.3) is 0 Å². The van der Waals surface area contributed by atoms with E-state index in [-0.39, 0.29) is 6.10 Å². The first-order valence-corrected chi connectivity index (χ1v) is 6.41. The van der Waals surface area contributed by atoms with Crippen molar-refractivity contribution in [2.75, 3.05) is 18.0 Å². The minimum Gasteiger partial charge on any atom is -0.391 e. The SMILES string of the molecule is OC1CCN(c2nc3ccc(Cl)cc3s2)C1. The fourth-order valence-corrected chi connectivity index (χ4v) is 3.21. The van der Waals surface area contributed by atoms with Gasteiger partial charge in [0, 0.05) is 18.1 Å². The van der Waals surface area contributed by atoms with E-state index in [1.54, 1.807) is 11.3 Å². The number of thiazole rings is 1. The highest BCUT2D eigenvalue weighted by Crippen LogP contribution is 2.32. The van der Waals surface area contributed by atoms with Crippen molar-refractivity contribution < 1.29 is 5.11 Å². The Morgan fingerprint density at radius 2 is 2.38 bits per heavy atom. The van der Waals surface area contributed by atoms with Crippen molar-refractivity contribution in [3.8, 4) is 0 Å². The van der Waals surface area contributed by atoms with Crippen molar-refractivity contribution in [3.63, 3.8) is 0 Å². The number of hydrogen-bond acceptors (Lipinski definition) is 4. The maximum Gasteiger partial charge on any atom is 0.186 e. The monoisotopic (exact) mass is 254 g/mol. The van der Waals surface area contributed by atoms with Gasteiger partial charge in [0.15, 0.2) is 5.13 Å². The molecule has 0 spiro atoms. The minimum absolute atomic E-state index is 0.212.